The van der Waals surface area contributed by atoms with Crippen molar-refractivity contribution in [1.29, 1.82) is 0 Å². The predicted octanol–water partition coefficient (Wildman–Crippen LogP) is 1.55. The van der Waals surface area contributed by atoms with E-state index in [1.165, 1.54) is 0 Å². The molecule has 1 aromatic rings. The fourth-order valence-electron chi connectivity index (χ4n) is 1.36. The Morgan fingerprint density at radius 1 is 0.944 bits per heavy atom. The van der Waals surface area contributed by atoms with Crippen LogP contribution >= 0.6 is 0 Å². The van der Waals surface area contributed by atoms with Gasteiger partial charge in [-0.3, -0.25) is 4.79 Å². The van der Waals surface area contributed by atoms with E-state index in [4.69, 9.17) is 18.9 Å². The van der Waals surface area contributed by atoms with Gasteiger partial charge in [-0.1, -0.05) is 6.07 Å². The van der Waals surface area contributed by atoms with Crippen molar-refractivity contribution < 1.29 is 23.7 Å². The highest BCUT2D eigenvalue weighted by Gasteiger charge is 2.09. The fourth-order valence-corrected chi connectivity index (χ4v) is 1.36. The zero-order valence-electron chi connectivity index (χ0n) is 10.7. The Hall–Kier alpha value is -1.59. The molecule has 0 radical (unpaired) electrons. The molecule has 0 heterocycles. The van der Waals surface area contributed by atoms with E-state index in [0.717, 1.165) is 6.29 Å². The Morgan fingerprint density at radius 2 is 1.44 bits per heavy atom. The lowest BCUT2D eigenvalue weighted by atomic mass is 10.2. The molecule has 0 amide bonds. The van der Waals surface area contributed by atoms with Crippen molar-refractivity contribution in [3.8, 4) is 11.5 Å². The molecule has 0 atom stereocenters. The summed E-state index contributed by atoms with van der Waals surface area (Å²) in [4.78, 5) is 11.1. The maximum Gasteiger partial charge on any atom is 0.157 e. The van der Waals surface area contributed by atoms with Gasteiger partial charge in [0.1, 0.15) is 24.7 Å². The van der Waals surface area contributed by atoms with Crippen LogP contribution in [0.3, 0.4) is 0 Å². The number of methoxy groups -OCH3 is 2. The van der Waals surface area contributed by atoms with Crippen LogP contribution in [-0.2, 0) is 9.47 Å². The van der Waals surface area contributed by atoms with E-state index in [2.05, 4.69) is 0 Å². The lowest BCUT2D eigenvalue weighted by Gasteiger charge is -2.12. The molecule has 0 saturated heterocycles. The minimum atomic E-state index is 0.388. The number of ether oxygens (including phenoxy) is 4. The van der Waals surface area contributed by atoms with Gasteiger partial charge in [-0.2, -0.15) is 0 Å². The van der Waals surface area contributed by atoms with Crippen LogP contribution in [-0.4, -0.2) is 46.9 Å². The minimum absolute atomic E-state index is 0.388. The van der Waals surface area contributed by atoms with Crippen LogP contribution in [0.5, 0.6) is 11.5 Å². The van der Waals surface area contributed by atoms with Gasteiger partial charge in [0.2, 0.25) is 0 Å². The Labute approximate surface area is 107 Å². The van der Waals surface area contributed by atoms with Gasteiger partial charge in [0.05, 0.1) is 18.8 Å². The summed E-state index contributed by atoms with van der Waals surface area (Å²) in [6.45, 7) is 1.71. The first kappa shape index (κ1) is 14.5. The van der Waals surface area contributed by atoms with Crippen LogP contribution in [0.4, 0.5) is 0 Å². The summed E-state index contributed by atoms with van der Waals surface area (Å²) in [7, 11) is 3.18. The Morgan fingerprint density at radius 3 is 1.83 bits per heavy atom. The van der Waals surface area contributed by atoms with Gasteiger partial charge in [0, 0.05) is 14.2 Å². The molecule has 18 heavy (non-hydrogen) atoms. The maximum atomic E-state index is 11.1. The van der Waals surface area contributed by atoms with Crippen molar-refractivity contribution in [3.63, 3.8) is 0 Å². The second-order valence-electron chi connectivity index (χ2n) is 3.47. The van der Waals surface area contributed by atoms with E-state index in [-0.39, 0.29) is 0 Å². The number of carbonyl (C=O) groups excluding carboxylic acids is 1. The molecule has 1 rings (SSSR count). The van der Waals surface area contributed by atoms with Crippen LogP contribution in [0.25, 0.3) is 0 Å². The number of hydrogen-bond acceptors (Lipinski definition) is 5. The summed E-state index contributed by atoms with van der Waals surface area (Å²) in [6, 6.07) is 5.22. The molecule has 0 saturated carbocycles. The van der Waals surface area contributed by atoms with Gasteiger partial charge in [-0.05, 0) is 12.1 Å². The lowest BCUT2D eigenvalue weighted by Crippen LogP contribution is -2.09. The first-order chi connectivity index (χ1) is 8.83. The third-order valence-corrected chi connectivity index (χ3v) is 2.23. The molecule has 1 aromatic carbocycles. The number of hydrogen-bond donors (Lipinski definition) is 0. The zero-order valence-corrected chi connectivity index (χ0v) is 10.7. The third kappa shape index (κ3) is 4.35. The standard InChI is InChI=1S/C13H18O5/c1-15-6-8-17-12-4-3-5-13(11(12)10-14)18-9-7-16-2/h3-5,10H,6-9H2,1-2H3. The molecule has 0 aliphatic rings. The van der Waals surface area contributed by atoms with E-state index in [1.807, 2.05) is 0 Å². The van der Waals surface area contributed by atoms with Crippen molar-refractivity contribution >= 4 is 6.29 Å². The summed E-state index contributed by atoms with van der Waals surface area (Å²) < 4.78 is 20.7. The highest BCUT2D eigenvalue weighted by Crippen LogP contribution is 2.26. The van der Waals surface area contributed by atoms with Crippen LogP contribution in [0.15, 0.2) is 18.2 Å². The molecule has 0 spiro atoms. The van der Waals surface area contributed by atoms with Gasteiger partial charge in [-0.15, -0.1) is 0 Å². The van der Waals surface area contributed by atoms with E-state index in [1.54, 1.807) is 32.4 Å². The molecule has 0 fully saturated rings. The topological polar surface area (TPSA) is 54.0 Å². The first-order valence-electron chi connectivity index (χ1n) is 5.65. The predicted molar refractivity (Wildman–Crippen MR) is 66.6 cm³/mol. The molecule has 100 valence electrons. The Bertz CT molecular complexity index is 336. The highest BCUT2D eigenvalue weighted by molar-refractivity contribution is 5.83. The third-order valence-electron chi connectivity index (χ3n) is 2.23. The van der Waals surface area contributed by atoms with Crippen LogP contribution in [0.2, 0.25) is 0 Å². The summed E-state index contributed by atoms with van der Waals surface area (Å²) in [5.74, 6) is 0.994. The van der Waals surface area contributed by atoms with Crippen molar-refractivity contribution in [2.24, 2.45) is 0 Å². The Balaban J connectivity index is 2.71. The molecule has 0 bridgehead atoms. The zero-order chi connectivity index (χ0) is 13.2. The molecule has 5 nitrogen and oxygen atoms in total. The molecule has 5 heteroatoms. The smallest absolute Gasteiger partial charge is 0.157 e. The molecule has 0 unspecified atom stereocenters. The summed E-state index contributed by atoms with van der Waals surface area (Å²) >= 11 is 0. The minimum Gasteiger partial charge on any atom is -0.490 e. The Kier molecular flexibility index (Phi) is 6.83. The van der Waals surface area contributed by atoms with Gasteiger partial charge in [0.15, 0.2) is 6.29 Å². The van der Waals surface area contributed by atoms with Crippen LogP contribution in [0.1, 0.15) is 10.4 Å². The summed E-state index contributed by atoms with van der Waals surface area (Å²) in [5, 5.41) is 0. The number of aldehydes is 1. The largest absolute Gasteiger partial charge is 0.490 e. The van der Waals surface area contributed by atoms with E-state index >= 15 is 0 Å². The lowest BCUT2D eigenvalue weighted by molar-refractivity contribution is 0.110. The second-order valence-corrected chi connectivity index (χ2v) is 3.47. The van der Waals surface area contributed by atoms with Crippen molar-refractivity contribution in [2.75, 3.05) is 40.6 Å². The SMILES string of the molecule is COCCOc1cccc(OCCOC)c1C=O. The van der Waals surface area contributed by atoms with Crippen molar-refractivity contribution in [1.82, 2.24) is 0 Å². The quantitative estimate of drug-likeness (QED) is 0.494. The van der Waals surface area contributed by atoms with Gasteiger partial charge >= 0.3 is 0 Å². The summed E-state index contributed by atoms with van der Waals surface area (Å²) in [6.07, 6.45) is 0.726. The maximum absolute atomic E-state index is 11.1. The molecule has 0 aliphatic heterocycles. The molecule has 0 aliphatic carbocycles. The monoisotopic (exact) mass is 254 g/mol. The van der Waals surface area contributed by atoms with Crippen molar-refractivity contribution in [2.45, 2.75) is 0 Å². The number of rotatable bonds is 9. The van der Waals surface area contributed by atoms with Crippen molar-refractivity contribution in [3.05, 3.63) is 23.8 Å². The van der Waals surface area contributed by atoms with Gasteiger partial charge in [0.25, 0.3) is 0 Å². The second kappa shape index (κ2) is 8.49. The van der Waals surface area contributed by atoms with Crippen LogP contribution < -0.4 is 9.47 Å². The normalized spacial score (nSPS) is 10.1. The van der Waals surface area contributed by atoms with E-state index < -0.39 is 0 Å². The number of benzene rings is 1. The van der Waals surface area contributed by atoms with Gasteiger partial charge in [-0.25, -0.2) is 0 Å². The fraction of sp³-hybridized carbons (Fsp3) is 0.462. The average molecular weight is 254 g/mol. The first-order valence-corrected chi connectivity index (χ1v) is 5.65. The molecule has 0 N–H and O–H groups in total. The molecular formula is C13H18O5. The van der Waals surface area contributed by atoms with E-state index in [9.17, 15) is 4.79 Å². The summed E-state index contributed by atoms with van der Waals surface area (Å²) in [5.41, 5.74) is 0.407. The molecule has 0 aromatic heterocycles. The van der Waals surface area contributed by atoms with Crippen LogP contribution in [0, 0.1) is 0 Å². The molecular weight excluding hydrogens is 236 g/mol. The highest BCUT2D eigenvalue weighted by atomic mass is 16.5. The number of carbonyl (C=O) groups is 1. The van der Waals surface area contributed by atoms with E-state index in [0.29, 0.717) is 43.5 Å². The van der Waals surface area contributed by atoms with Gasteiger partial charge < -0.3 is 18.9 Å². The average Bonchev–Trinajstić information content (AvgIpc) is 2.39.